The Morgan fingerprint density at radius 3 is 2.50 bits per heavy atom. The highest BCUT2D eigenvalue weighted by molar-refractivity contribution is 5.95. The molecule has 0 unspecified atom stereocenters. The molecule has 0 atom stereocenters. The highest BCUT2D eigenvalue weighted by Gasteiger charge is 2.22. The van der Waals surface area contributed by atoms with Gasteiger partial charge in [-0.15, -0.1) is 0 Å². The first-order valence-electron chi connectivity index (χ1n) is 6.40. The van der Waals surface area contributed by atoms with Gasteiger partial charge >= 0.3 is 0 Å². The first kappa shape index (κ1) is 13.1. The molecule has 0 radical (unpaired) electrons. The topological polar surface area (TPSA) is 43.8 Å². The van der Waals surface area contributed by atoms with Gasteiger partial charge in [-0.25, -0.2) is 0 Å². The fourth-order valence-corrected chi connectivity index (χ4v) is 2.30. The van der Waals surface area contributed by atoms with Crippen LogP contribution in [0.2, 0.25) is 0 Å². The minimum absolute atomic E-state index is 0.122. The third-order valence-electron chi connectivity index (χ3n) is 3.45. The van der Waals surface area contributed by atoms with Crippen molar-refractivity contribution in [1.82, 2.24) is 9.80 Å². The van der Waals surface area contributed by atoms with Crippen molar-refractivity contribution in [1.29, 1.82) is 0 Å². The molecule has 4 nitrogen and oxygen atoms in total. The number of piperazine rings is 1. The highest BCUT2D eigenvalue weighted by atomic mass is 16.3. The monoisotopic (exact) mass is 248 g/mol. The summed E-state index contributed by atoms with van der Waals surface area (Å²) in [6, 6.07) is 7.71. The second-order valence-electron chi connectivity index (χ2n) is 4.67. The Kier molecular flexibility index (Phi) is 4.33. The average Bonchev–Trinajstić information content (AvgIpc) is 2.40. The SMILES string of the molecule is Cc1ccccc1C(=O)N1CCN(CCO)CC1. The van der Waals surface area contributed by atoms with Crippen molar-refractivity contribution in [3.05, 3.63) is 35.4 Å². The summed E-state index contributed by atoms with van der Waals surface area (Å²) in [7, 11) is 0. The maximum absolute atomic E-state index is 12.3. The van der Waals surface area contributed by atoms with Crippen LogP contribution in [0.15, 0.2) is 24.3 Å². The van der Waals surface area contributed by atoms with Crippen LogP contribution < -0.4 is 0 Å². The number of aliphatic hydroxyl groups excluding tert-OH is 1. The van der Waals surface area contributed by atoms with Crippen molar-refractivity contribution in [3.63, 3.8) is 0 Å². The Labute approximate surface area is 108 Å². The number of aliphatic hydroxyl groups is 1. The molecule has 0 spiro atoms. The highest BCUT2D eigenvalue weighted by Crippen LogP contribution is 2.12. The fourth-order valence-electron chi connectivity index (χ4n) is 2.30. The average molecular weight is 248 g/mol. The predicted octanol–water partition coefficient (Wildman–Crippen LogP) is 0.745. The molecule has 4 heteroatoms. The zero-order valence-corrected chi connectivity index (χ0v) is 10.8. The second kappa shape index (κ2) is 5.98. The second-order valence-corrected chi connectivity index (χ2v) is 4.67. The standard InChI is InChI=1S/C14H20N2O2/c1-12-4-2-3-5-13(12)14(18)16-8-6-15(7-9-16)10-11-17/h2-5,17H,6-11H2,1H3. The van der Waals surface area contributed by atoms with Gasteiger partial charge < -0.3 is 10.0 Å². The minimum Gasteiger partial charge on any atom is -0.395 e. The number of carbonyl (C=O) groups excluding carboxylic acids is 1. The quantitative estimate of drug-likeness (QED) is 0.858. The van der Waals surface area contributed by atoms with E-state index in [-0.39, 0.29) is 12.5 Å². The van der Waals surface area contributed by atoms with E-state index in [9.17, 15) is 4.79 Å². The Morgan fingerprint density at radius 2 is 1.89 bits per heavy atom. The van der Waals surface area contributed by atoms with Crippen molar-refractivity contribution in [2.75, 3.05) is 39.3 Å². The summed E-state index contributed by atoms with van der Waals surface area (Å²) in [4.78, 5) is 16.4. The van der Waals surface area contributed by atoms with Gasteiger partial charge in [-0.3, -0.25) is 9.69 Å². The molecule has 18 heavy (non-hydrogen) atoms. The van der Waals surface area contributed by atoms with E-state index in [2.05, 4.69) is 4.90 Å². The van der Waals surface area contributed by atoms with E-state index in [1.807, 2.05) is 36.1 Å². The molecule has 1 aliphatic heterocycles. The van der Waals surface area contributed by atoms with Crippen LogP contribution in [0.25, 0.3) is 0 Å². The zero-order valence-electron chi connectivity index (χ0n) is 10.8. The number of hydrogen-bond donors (Lipinski definition) is 1. The van der Waals surface area contributed by atoms with Crippen LogP contribution in [-0.2, 0) is 0 Å². The predicted molar refractivity (Wildman–Crippen MR) is 70.6 cm³/mol. The van der Waals surface area contributed by atoms with Crippen molar-refractivity contribution in [2.24, 2.45) is 0 Å². The van der Waals surface area contributed by atoms with Crippen molar-refractivity contribution in [3.8, 4) is 0 Å². The van der Waals surface area contributed by atoms with Crippen LogP contribution >= 0.6 is 0 Å². The molecule has 1 N–H and O–H groups in total. The lowest BCUT2D eigenvalue weighted by Gasteiger charge is -2.34. The van der Waals surface area contributed by atoms with Crippen LogP contribution in [0.3, 0.4) is 0 Å². The number of nitrogens with zero attached hydrogens (tertiary/aromatic N) is 2. The molecule has 2 rings (SSSR count). The van der Waals surface area contributed by atoms with E-state index in [1.54, 1.807) is 0 Å². The minimum atomic E-state index is 0.122. The van der Waals surface area contributed by atoms with Crippen LogP contribution in [0.1, 0.15) is 15.9 Å². The lowest BCUT2D eigenvalue weighted by atomic mass is 10.1. The molecule has 1 aliphatic rings. The maximum atomic E-state index is 12.3. The van der Waals surface area contributed by atoms with E-state index < -0.39 is 0 Å². The van der Waals surface area contributed by atoms with Crippen LogP contribution in [-0.4, -0.2) is 60.1 Å². The molecule has 98 valence electrons. The molecule has 0 aliphatic carbocycles. The molecule has 0 saturated carbocycles. The third kappa shape index (κ3) is 2.89. The molecule has 1 amide bonds. The summed E-state index contributed by atoms with van der Waals surface area (Å²) in [6.07, 6.45) is 0. The van der Waals surface area contributed by atoms with Crippen LogP contribution in [0, 0.1) is 6.92 Å². The van der Waals surface area contributed by atoms with Crippen molar-refractivity contribution in [2.45, 2.75) is 6.92 Å². The van der Waals surface area contributed by atoms with Gasteiger partial charge in [0.15, 0.2) is 0 Å². The number of carbonyl (C=O) groups is 1. The number of hydrogen-bond acceptors (Lipinski definition) is 3. The molecule has 1 aromatic rings. The number of rotatable bonds is 3. The van der Waals surface area contributed by atoms with Crippen molar-refractivity contribution < 1.29 is 9.90 Å². The van der Waals surface area contributed by atoms with Crippen LogP contribution in [0.5, 0.6) is 0 Å². The van der Waals surface area contributed by atoms with Gasteiger partial charge in [0.1, 0.15) is 0 Å². The van der Waals surface area contributed by atoms with Gasteiger partial charge in [-0.2, -0.15) is 0 Å². The Bertz CT molecular complexity index is 412. The fraction of sp³-hybridized carbons (Fsp3) is 0.500. The Balaban J connectivity index is 1.98. The number of β-amino-alcohol motifs (C(OH)–C–C–N with tert-alkyl or cyclic N) is 1. The lowest BCUT2D eigenvalue weighted by molar-refractivity contribution is 0.0614. The first-order valence-corrected chi connectivity index (χ1v) is 6.40. The molecular weight excluding hydrogens is 228 g/mol. The first-order chi connectivity index (χ1) is 8.72. The van der Waals surface area contributed by atoms with Gasteiger partial charge in [0.2, 0.25) is 0 Å². The third-order valence-corrected chi connectivity index (χ3v) is 3.45. The van der Waals surface area contributed by atoms with Crippen molar-refractivity contribution >= 4 is 5.91 Å². The van der Waals surface area contributed by atoms with Crippen LogP contribution in [0.4, 0.5) is 0 Å². The Morgan fingerprint density at radius 1 is 1.22 bits per heavy atom. The maximum Gasteiger partial charge on any atom is 0.254 e. The molecule has 1 heterocycles. The largest absolute Gasteiger partial charge is 0.395 e. The van der Waals surface area contributed by atoms with Gasteiger partial charge in [0, 0.05) is 38.3 Å². The van der Waals surface area contributed by atoms with Gasteiger partial charge in [-0.1, -0.05) is 18.2 Å². The molecule has 0 bridgehead atoms. The molecule has 0 aromatic heterocycles. The molecular formula is C14H20N2O2. The smallest absolute Gasteiger partial charge is 0.254 e. The summed E-state index contributed by atoms with van der Waals surface area (Å²) in [5.41, 5.74) is 1.83. The van der Waals surface area contributed by atoms with E-state index in [0.29, 0.717) is 6.54 Å². The van der Waals surface area contributed by atoms with E-state index in [1.165, 1.54) is 0 Å². The lowest BCUT2D eigenvalue weighted by Crippen LogP contribution is -2.49. The summed E-state index contributed by atoms with van der Waals surface area (Å²) in [6.45, 7) is 6.03. The Hall–Kier alpha value is -1.39. The normalized spacial score (nSPS) is 16.9. The molecule has 1 saturated heterocycles. The van der Waals surface area contributed by atoms with Gasteiger partial charge in [0.05, 0.1) is 6.61 Å². The summed E-state index contributed by atoms with van der Waals surface area (Å²) in [5.74, 6) is 0.122. The van der Waals surface area contributed by atoms with E-state index in [4.69, 9.17) is 5.11 Å². The summed E-state index contributed by atoms with van der Waals surface area (Å²) in [5, 5.41) is 8.89. The number of amides is 1. The van der Waals surface area contributed by atoms with E-state index in [0.717, 1.165) is 37.3 Å². The molecule has 1 fully saturated rings. The number of benzene rings is 1. The molecule has 1 aromatic carbocycles. The number of aryl methyl sites for hydroxylation is 1. The summed E-state index contributed by atoms with van der Waals surface area (Å²) < 4.78 is 0. The van der Waals surface area contributed by atoms with Gasteiger partial charge in [0.25, 0.3) is 5.91 Å². The summed E-state index contributed by atoms with van der Waals surface area (Å²) >= 11 is 0. The van der Waals surface area contributed by atoms with Gasteiger partial charge in [-0.05, 0) is 18.6 Å². The zero-order chi connectivity index (χ0) is 13.0. The van der Waals surface area contributed by atoms with E-state index >= 15 is 0 Å².